The number of carbonyl (C=O) groups excluding carboxylic acids is 1. The van der Waals surface area contributed by atoms with Crippen molar-refractivity contribution >= 4 is 17.2 Å². The van der Waals surface area contributed by atoms with Gasteiger partial charge in [0, 0.05) is 6.54 Å². The summed E-state index contributed by atoms with van der Waals surface area (Å²) in [5.41, 5.74) is 1.61. The van der Waals surface area contributed by atoms with Crippen molar-refractivity contribution in [1.29, 1.82) is 0 Å². The zero-order valence-electron chi connectivity index (χ0n) is 18.8. The summed E-state index contributed by atoms with van der Waals surface area (Å²) in [6.45, 7) is 0.608. The third-order valence-electron chi connectivity index (χ3n) is 5.92. The number of amides is 1. The van der Waals surface area contributed by atoms with Gasteiger partial charge in [-0.25, -0.2) is 14.1 Å². The quantitative estimate of drug-likeness (QED) is 0.384. The number of methoxy groups -OCH3 is 2. The highest BCUT2D eigenvalue weighted by molar-refractivity contribution is 7.13. The van der Waals surface area contributed by atoms with Crippen molar-refractivity contribution in [3.8, 4) is 27.9 Å². The van der Waals surface area contributed by atoms with E-state index in [0.717, 1.165) is 23.3 Å². The van der Waals surface area contributed by atoms with Crippen molar-refractivity contribution in [2.75, 3.05) is 20.8 Å². The van der Waals surface area contributed by atoms with Gasteiger partial charge in [-0.15, -0.1) is 16.4 Å². The van der Waals surface area contributed by atoms with Crippen LogP contribution in [-0.4, -0.2) is 46.3 Å². The highest BCUT2D eigenvalue weighted by Gasteiger charge is 2.34. The van der Waals surface area contributed by atoms with E-state index < -0.39 is 0 Å². The molecule has 174 valence electrons. The molecule has 0 aliphatic carbocycles. The maximum atomic E-state index is 13.6. The summed E-state index contributed by atoms with van der Waals surface area (Å²) in [5, 5.41) is 6.49. The summed E-state index contributed by atoms with van der Waals surface area (Å²) in [7, 11) is 3.19. The van der Waals surface area contributed by atoms with Crippen LogP contribution >= 0.6 is 11.3 Å². The first kappa shape index (κ1) is 22.1. The number of nitrogens with zero attached hydrogens (tertiary/aromatic N) is 4. The summed E-state index contributed by atoms with van der Waals surface area (Å²) < 4.78 is 25.9. The number of likely N-dealkylation sites (tertiary alicyclic amines) is 1. The molecule has 1 fully saturated rings. The largest absolute Gasteiger partial charge is 0.493 e. The standard InChI is InChI=1S/C25H23FN4O3S/c1-32-20-12-7-16(15-21(20)33-2)19-5-3-13-29(19)25(31)23-27-24(22-6-4-14-34-22)30(28-23)18-10-8-17(26)9-11-18/h4,6-12,14-15,19H,3,5,13H2,1-2H3. The van der Waals surface area contributed by atoms with E-state index in [4.69, 9.17) is 9.47 Å². The molecule has 1 unspecified atom stereocenters. The van der Waals surface area contributed by atoms with Crippen molar-refractivity contribution in [2.24, 2.45) is 0 Å². The predicted octanol–water partition coefficient (Wildman–Crippen LogP) is 5.13. The topological polar surface area (TPSA) is 69.5 Å². The van der Waals surface area contributed by atoms with Gasteiger partial charge in [0.15, 0.2) is 17.3 Å². The molecular weight excluding hydrogens is 455 g/mol. The monoisotopic (exact) mass is 478 g/mol. The maximum absolute atomic E-state index is 13.6. The molecule has 34 heavy (non-hydrogen) atoms. The Morgan fingerprint density at radius 2 is 1.88 bits per heavy atom. The van der Waals surface area contributed by atoms with Gasteiger partial charge in [-0.05, 0) is 66.2 Å². The molecule has 3 heterocycles. The van der Waals surface area contributed by atoms with Gasteiger partial charge in [0.2, 0.25) is 5.82 Å². The first-order valence-corrected chi connectivity index (χ1v) is 11.8. The minimum absolute atomic E-state index is 0.111. The Bertz CT molecular complexity index is 1300. The highest BCUT2D eigenvalue weighted by atomic mass is 32.1. The Labute approximate surface area is 200 Å². The Morgan fingerprint density at radius 3 is 2.59 bits per heavy atom. The summed E-state index contributed by atoms with van der Waals surface area (Å²) >= 11 is 1.50. The molecule has 1 saturated heterocycles. The lowest BCUT2D eigenvalue weighted by atomic mass is 10.0. The fourth-order valence-corrected chi connectivity index (χ4v) is 4.97. The molecule has 0 saturated carbocycles. The van der Waals surface area contributed by atoms with E-state index in [9.17, 15) is 9.18 Å². The lowest BCUT2D eigenvalue weighted by molar-refractivity contribution is 0.0723. The average molecular weight is 479 g/mol. The van der Waals surface area contributed by atoms with Gasteiger partial charge >= 0.3 is 0 Å². The molecule has 5 rings (SSSR count). The van der Waals surface area contributed by atoms with Gasteiger partial charge in [0.05, 0.1) is 30.8 Å². The highest BCUT2D eigenvalue weighted by Crippen LogP contribution is 2.37. The Morgan fingerprint density at radius 1 is 1.09 bits per heavy atom. The van der Waals surface area contributed by atoms with Gasteiger partial charge in [0.25, 0.3) is 5.91 Å². The molecule has 1 aliphatic heterocycles. The number of aromatic nitrogens is 3. The zero-order valence-corrected chi connectivity index (χ0v) is 19.6. The van der Waals surface area contributed by atoms with Gasteiger partial charge in [-0.1, -0.05) is 12.1 Å². The second-order valence-corrected chi connectivity index (χ2v) is 8.84. The van der Waals surface area contributed by atoms with E-state index in [2.05, 4.69) is 10.1 Å². The van der Waals surface area contributed by atoms with Gasteiger partial charge in [0.1, 0.15) is 5.82 Å². The number of carbonyl (C=O) groups is 1. The molecular formula is C25H23FN4O3S. The SMILES string of the molecule is COc1ccc(C2CCCN2C(=O)c2nc(-c3cccs3)n(-c3ccc(F)cc3)n2)cc1OC. The van der Waals surface area contributed by atoms with Gasteiger partial charge in [-0.3, -0.25) is 4.79 Å². The van der Waals surface area contributed by atoms with E-state index in [1.807, 2.05) is 40.6 Å². The van der Waals surface area contributed by atoms with Crippen LogP contribution in [0, 0.1) is 5.82 Å². The van der Waals surface area contributed by atoms with Crippen LogP contribution < -0.4 is 9.47 Å². The smallest absolute Gasteiger partial charge is 0.294 e. The second-order valence-electron chi connectivity index (χ2n) is 7.90. The molecule has 2 aromatic heterocycles. The third kappa shape index (κ3) is 4.03. The lowest BCUT2D eigenvalue weighted by Gasteiger charge is -2.24. The van der Waals surface area contributed by atoms with Crippen LogP contribution in [0.2, 0.25) is 0 Å². The van der Waals surface area contributed by atoms with Crippen LogP contribution in [0.1, 0.15) is 35.1 Å². The van der Waals surface area contributed by atoms with Crippen LogP contribution in [0.4, 0.5) is 4.39 Å². The Hall–Kier alpha value is -3.72. The van der Waals surface area contributed by atoms with Crippen LogP contribution in [0.15, 0.2) is 60.0 Å². The summed E-state index contributed by atoms with van der Waals surface area (Å²) in [4.78, 5) is 20.9. The molecule has 1 amide bonds. The van der Waals surface area contributed by atoms with Crippen LogP contribution in [0.25, 0.3) is 16.4 Å². The van der Waals surface area contributed by atoms with E-state index >= 15 is 0 Å². The van der Waals surface area contributed by atoms with Gasteiger partial charge < -0.3 is 14.4 Å². The van der Waals surface area contributed by atoms with E-state index in [1.54, 1.807) is 31.0 Å². The van der Waals surface area contributed by atoms with Crippen molar-refractivity contribution in [1.82, 2.24) is 19.7 Å². The van der Waals surface area contributed by atoms with Crippen LogP contribution in [0.5, 0.6) is 11.5 Å². The lowest BCUT2D eigenvalue weighted by Crippen LogP contribution is -2.31. The molecule has 0 spiro atoms. The average Bonchev–Trinajstić information content (AvgIpc) is 3.64. The molecule has 0 N–H and O–H groups in total. The summed E-state index contributed by atoms with van der Waals surface area (Å²) in [5.74, 6) is 1.34. The van der Waals surface area contributed by atoms with Crippen molar-refractivity contribution in [3.05, 3.63) is 77.2 Å². The Balaban J connectivity index is 1.51. The molecule has 0 bridgehead atoms. The van der Waals surface area contributed by atoms with Crippen LogP contribution in [-0.2, 0) is 0 Å². The summed E-state index contributed by atoms with van der Waals surface area (Å²) in [6, 6.07) is 15.4. The fraction of sp³-hybridized carbons (Fsp3) is 0.240. The van der Waals surface area contributed by atoms with Crippen molar-refractivity contribution in [2.45, 2.75) is 18.9 Å². The first-order valence-electron chi connectivity index (χ1n) is 10.9. The number of hydrogen-bond acceptors (Lipinski definition) is 6. The zero-order chi connectivity index (χ0) is 23.7. The molecule has 7 nitrogen and oxygen atoms in total. The second kappa shape index (κ2) is 9.26. The maximum Gasteiger partial charge on any atom is 0.294 e. The minimum Gasteiger partial charge on any atom is -0.493 e. The number of rotatable bonds is 6. The predicted molar refractivity (Wildman–Crippen MR) is 127 cm³/mol. The molecule has 1 atom stereocenters. The fourth-order valence-electron chi connectivity index (χ4n) is 4.28. The minimum atomic E-state index is -0.340. The number of halogens is 1. The number of hydrogen-bond donors (Lipinski definition) is 0. The van der Waals surface area contributed by atoms with Crippen LogP contribution in [0.3, 0.4) is 0 Å². The molecule has 9 heteroatoms. The van der Waals surface area contributed by atoms with Crippen molar-refractivity contribution < 1.29 is 18.7 Å². The number of ether oxygens (including phenoxy) is 2. The molecule has 4 aromatic rings. The first-order chi connectivity index (χ1) is 16.6. The number of thiophene rings is 1. The number of benzene rings is 2. The third-order valence-corrected chi connectivity index (χ3v) is 6.78. The Kier molecular flexibility index (Phi) is 6.02. The van der Waals surface area contributed by atoms with E-state index in [1.165, 1.54) is 23.5 Å². The van der Waals surface area contributed by atoms with E-state index in [-0.39, 0.29) is 23.6 Å². The van der Waals surface area contributed by atoms with Crippen molar-refractivity contribution in [3.63, 3.8) is 0 Å². The van der Waals surface area contributed by atoms with E-state index in [0.29, 0.717) is 29.6 Å². The molecule has 1 aliphatic rings. The normalized spacial score (nSPS) is 15.5. The molecule has 0 radical (unpaired) electrons. The summed E-state index contributed by atoms with van der Waals surface area (Å²) in [6.07, 6.45) is 1.71. The van der Waals surface area contributed by atoms with Gasteiger partial charge in [-0.2, -0.15) is 0 Å². The molecule has 2 aromatic carbocycles.